The average Bonchev–Trinajstić information content (AvgIpc) is 2.70. The maximum absolute atomic E-state index is 12.5. The van der Waals surface area contributed by atoms with Crippen LogP contribution in [-0.4, -0.2) is 10.8 Å². The SMILES string of the molecule is Cc1ccncc1C(=O)c1cc2c(s1)CCCCC2. The van der Waals surface area contributed by atoms with Crippen molar-refractivity contribution >= 4 is 17.1 Å². The quantitative estimate of drug-likeness (QED) is 0.611. The standard InChI is InChI=1S/C16H17NOS/c1-11-7-8-17-10-13(11)16(18)15-9-12-5-3-2-4-6-14(12)19-15/h7-10H,2-6H2,1H3. The van der Waals surface area contributed by atoms with Gasteiger partial charge in [-0.3, -0.25) is 9.78 Å². The van der Waals surface area contributed by atoms with Gasteiger partial charge in [0.1, 0.15) is 0 Å². The van der Waals surface area contributed by atoms with Crippen molar-refractivity contribution in [3.05, 3.63) is 51.0 Å². The second kappa shape index (κ2) is 5.25. The molecule has 0 aliphatic heterocycles. The van der Waals surface area contributed by atoms with Gasteiger partial charge >= 0.3 is 0 Å². The van der Waals surface area contributed by atoms with Gasteiger partial charge in [0.2, 0.25) is 5.78 Å². The third-order valence-electron chi connectivity index (χ3n) is 3.75. The summed E-state index contributed by atoms with van der Waals surface area (Å²) >= 11 is 1.68. The highest BCUT2D eigenvalue weighted by molar-refractivity contribution is 7.14. The van der Waals surface area contributed by atoms with Crippen molar-refractivity contribution in [2.75, 3.05) is 0 Å². The van der Waals surface area contributed by atoms with E-state index in [0.29, 0.717) is 0 Å². The van der Waals surface area contributed by atoms with Crippen LogP contribution in [0.1, 0.15) is 50.5 Å². The van der Waals surface area contributed by atoms with Crippen LogP contribution in [0, 0.1) is 6.92 Å². The van der Waals surface area contributed by atoms with Crippen LogP contribution < -0.4 is 0 Å². The van der Waals surface area contributed by atoms with Gasteiger partial charge in [-0.1, -0.05) is 6.42 Å². The molecule has 0 saturated heterocycles. The van der Waals surface area contributed by atoms with Crippen LogP contribution in [0.5, 0.6) is 0 Å². The van der Waals surface area contributed by atoms with E-state index >= 15 is 0 Å². The molecular formula is C16H17NOS. The number of ketones is 1. The average molecular weight is 271 g/mol. The van der Waals surface area contributed by atoms with Crippen LogP contribution in [-0.2, 0) is 12.8 Å². The van der Waals surface area contributed by atoms with E-state index in [-0.39, 0.29) is 5.78 Å². The minimum atomic E-state index is 0.128. The predicted octanol–water partition coefficient (Wildman–Crippen LogP) is 3.95. The van der Waals surface area contributed by atoms with E-state index in [1.807, 2.05) is 13.0 Å². The van der Waals surface area contributed by atoms with Crippen LogP contribution >= 0.6 is 11.3 Å². The van der Waals surface area contributed by atoms with Gasteiger partial charge in [-0.05, 0) is 55.9 Å². The van der Waals surface area contributed by atoms with E-state index in [1.165, 1.54) is 29.7 Å². The summed E-state index contributed by atoms with van der Waals surface area (Å²) in [5.74, 6) is 0.128. The number of aryl methyl sites for hydroxylation is 3. The zero-order valence-electron chi connectivity index (χ0n) is 11.1. The first-order valence-corrected chi connectivity index (χ1v) is 7.64. The van der Waals surface area contributed by atoms with Gasteiger partial charge in [-0.2, -0.15) is 0 Å². The Morgan fingerprint density at radius 1 is 1.26 bits per heavy atom. The van der Waals surface area contributed by atoms with Gasteiger partial charge in [0.15, 0.2) is 0 Å². The van der Waals surface area contributed by atoms with Crippen molar-refractivity contribution in [3.63, 3.8) is 0 Å². The minimum Gasteiger partial charge on any atom is -0.288 e. The highest BCUT2D eigenvalue weighted by Crippen LogP contribution is 2.30. The molecule has 0 saturated carbocycles. The molecule has 2 aromatic heterocycles. The molecule has 2 nitrogen and oxygen atoms in total. The molecular weight excluding hydrogens is 254 g/mol. The van der Waals surface area contributed by atoms with Crippen LogP contribution in [0.2, 0.25) is 0 Å². The molecule has 0 atom stereocenters. The number of carbonyl (C=O) groups is 1. The first kappa shape index (κ1) is 12.5. The highest BCUT2D eigenvalue weighted by atomic mass is 32.1. The maximum Gasteiger partial charge on any atom is 0.204 e. The third-order valence-corrected chi connectivity index (χ3v) is 4.99. The van der Waals surface area contributed by atoms with Gasteiger partial charge in [0.05, 0.1) is 4.88 Å². The second-order valence-electron chi connectivity index (χ2n) is 5.14. The predicted molar refractivity (Wildman–Crippen MR) is 78.0 cm³/mol. The van der Waals surface area contributed by atoms with Gasteiger partial charge in [-0.25, -0.2) is 0 Å². The number of hydrogen-bond donors (Lipinski definition) is 0. The lowest BCUT2D eigenvalue weighted by atomic mass is 10.1. The van der Waals surface area contributed by atoms with E-state index in [0.717, 1.165) is 28.8 Å². The monoisotopic (exact) mass is 271 g/mol. The minimum absolute atomic E-state index is 0.128. The Balaban J connectivity index is 1.95. The Bertz CT molecular complexity index is 591. The number of carbonyl (C=O) groups excluding carboxylic acids is 1. The summed E-state index contributed by atoms with van der Waals surface area (Å²) in [6.45, 7) is 1.97. The number of pyridine rings is 1. The first-order valence-electron chi connectivity index (χ1n) is 6.82. The van der Waals surface area contributed by atoms with Crippen LogP contribution in [0.4, 0.5) is 0 Å². The number of rotatable bonds is 2. The second-order valence-corrected chi connectivity index (χ2v) is 6.28. The fourth-order valence-corrected chi connectivity index (χ4v) is 3.82. The molecule has 19 heavy (non-hydrogen) atoms. The normalized spacial score (nSPS) is 14.8. The molecule has 98 valence electrons. The molecule has 3 rings (SSSR count). The summed E-state index contributed by atoms with van der Waals surface area (Å²) in [5.41, 5.74) is 3.13. The summed E-state index contributed by atoms with van der Waals surface area (Å²) in [6, 6.07) is 4.01. The molecule has 0 N–H and O–H groups in total. The smallest absolute Gasteiger partial charge is 0.204 e. The van der Waals surface area contributed by atoms with Crippen molar-refractivity contribution in [1.29, 1.82) is 0 Å². The fourth-order valence-electron chi connectivity index (χ4n) is 2.61. The molecule has 0 radical (unpaired) electrons. The van der Waals surface area contributed by atoms with Crippen molar-refractivity contribution < 1.29 is 4.79 Å². The summed E-state index contributed by atoms with van der Waals surface area (Å²) in [7, 11) is 0. The van der Waals surface area contributed by atoms with E-state index < -0.39 is 0 Å². The van der Waals surface area contributed by atoms with Gasteiger partial charge in [-0.15, -0.1) is 11.3 Å². The van der Waals surface area contributed by atoms with Crippen molar-refractivity contribution in [3.8, 4) is 0 Å². The maximum atomic E-state index is 12.5. The number of nitrogens with zero attached hydrogens (tertiary/aromatic N) is 1. The van der Waals surface area contributed by atoms with E-state index in [4.69, 9.17) is 0 Å². The Kier molecular flexibility index (Phi) is 3.47. The molecule has 0 unspecified atom stereocenters. The number of hydrogen-bond acceptors (Lipinski definition) is 3. The zero-order valence-corrected chi connectivity index (χ0v) is 11.9. The summed E-state index contributed by atoms with van der Waals surface area (Å²) < 4.78 is 0. The molecule has 0 amide bonds. The lowest BCUT2D eigenvalue weighted by Gasteiger charge is -2.01. The van der Waals surface area contributed by atoms with Crippen molar-refractivity contribution in [2.24, 2.45) is 0 Å². The van der Waals surface area contributed by atoms with Crippen LogP contribution in [0.25, 0.3) is 0 Å². The van der Waals surface area contributed by atoms with Gasteiger partial charge in [0, 0.05) is 22.8 Å². The van der Waals surface area contributed by atoms with Gasteiger partial charge in [0.25, 0.3) is 0 Å². The molecule has 2 heterocycles. The molecule has 0 aromatic carbocycles. The Morgan fingerprint density at radius 2 is 2.11 bits per heavy atom. The Hall–Kier alpha value is -1.48. The summed E-state index contributed by atoms with van der Waals surface area (Å²) in [6.07, 6.45) is 9.51. The number of aromatic nitrogens is 1. The lowest BCUT2D eigenvalue weighted by Crippen LogP contribution is -2.02. The van der Waals surface area contributed by atoms with Crippen LogP contribution in [0.3, 0.4) is 0 Å². The van der Waals surface area contributed by atoms with Crippen molar-refractivity contribution in [2.45, 2.75) is 39.0 Å². The zero-order chi connectivity index (χ0) is 13.2. The summed E-state index contributed by atoms with van der Waals surface area (Å²) in [5, 5.41) is 0. The Morgan fingerprint density at radius 3 is 2.95 bits per heavy atom. The van der Waals surface area contributed by atoms with Crippen LogP contribution in [0.15, 0.2) is 24.5 Å². The third kappa shape index (κ3) is 2.47. The number of fused-ring (bicyclic) bond motifs is 1. The molecule has 0 fully saturated rings. The first-order chi connectivity index (χ1) is 9.25. The highest BCUT2D eigenvalue weighted by Gasteiger charge is 2.18. The molecule has 2 aromatic rings. The van der Waals surface area contributed by atoms with Crippen molar-refractivity contribution in [1.82, 2.24) is 4.98 Å². The molecule has 3 heteroatoms. The largest absolute Gasteiger partial charge is 0.288 e. The van der Waals surface area contributed by atoms with E-state index in [2.05, 4.69) is 11.1 Å². The molecule has 0 spiro atoms. The Labute approximate surface area is 117 Å². The van der Waals surface area contributed by atoms with E-state index in [1.54, 1.807) is 23.7 Å². The molecule has 0 bridgehead atoms. The lowest BCUT2D eigenvalue weighted by molar-refractivity contribution is 0.104. The fraction of sp³-hybridized carbons (Fsp3) is 0.375. The van der Waals surface area contributed by atoms with Gasteiger partial charge < -0.3 is 0 Å². The topological polar surface area (TPSA) is 30.0 Å². The van der Waals surface area contributed by atoms with E-state index in [9.17, 15) is 4.79 Å². The summed E-state index contributed by atoms with van der Waals surface area (Å²) in [4.78, 5) is 18.9. The molecule has 1 aliphatic carbocycles. The number of thiophene rings is 1. The molecule has 1 aliphatic rings.